The summed E-state index contributed by atoms with van der Waals surface area (Å²) in [5, 5.41) is 0. The van der Waals surface area contributed by atoms with Gasteiger partial charge in [-0.15, -0.1) is 0 Å². The number of aromatic nitrogens is 4. The first-order valence-electron chi connectivity index (χ1n) is 9.84. The quantitative estimate of drug-likeness (QED) is 0.323. The molecule has 8 heteroatoms. The van der Waals surface area contributed by atoms with Crippen molar-refractivity contribution in [2.24, 2.45) is 9.98 Å². The van der Waals surface area contributed by atoms with Gasteiger partial charge in [-0.05, 0) is 47.5 Å². The summed E-state index contributed by atoms with van der Waals surface area (Å²) >= 11 is 0. The summed E-state index contributed by atoms with van der Waals surface area (Å²) in [6.07, 6.45) is 9.44. The van der Waals surface area contributed by atoms with E-state index in [1.807, 2.05) is 0 Å². The second-order valence-corrected chi connectivity index (χ2v) is 6.69. The van der Waals surface area contributed by atoms with Crippen molar-refractivity contribution in [3.05, 3.63) is 96.1 Å². The molecule has 2 aromatic carbocycles. The first-order chi connectivity index (χ1) is 15.7. The summed E-state index contributed by atoms with van der Waals surface area (Å²) in [4.78, 5) is 24.7. The van der Waals surface area contributed by atoms with E-state index in [1.165, 1.54) is 12.1 Å². The average Bonchev–Trinajstić information content (AvgIpc) is 2.82. The normalized spacial score (nSPS) is 11.4. The Morgan fingerprint density at radius 2 is 1.03 bits per heavy atom. The fraction of sp³-hybridized carbons (Fsp3) is 0.0833. The van der Waals surface area contributed by atoms with Crippen molar-refractivity contribution < 1.29 is 8.78 Å². The summed E-state index contributed by atoms with van der Waals surface area (Å²) in [5.41, 5.74) is 1.94. The van der Waals surface area contributed by atoms with E-state index in [-0.39, 0.29) is 0 Å². The maximum absolute atomic E-state index is 14.3. The van der Waals surface area contributed by atoms with Crippen molar-refractivity contribution in [3.63, 3.8) is 0 Å². The largest absolute Gasteiger partial charge is 0.291 e. The minimum absolute atomic E-state index is 0.337. The van der Waals surface area contributed by atoms with Crippen LogP contribution in [0.5, 0.6) is 0 Å². The third kappa shape index (κ3) is 5.28. The van der Waals surface area contributed by atoms with Gasteiger partial charge in [0.1, 0.15) is 11.6 Å². The van der Waals surface area contributed by atoms with Gasteiger partial charge in [-0.1, -0.05) is 12.1 Å². The number of hydrogen-bond donors (Lipinski definition) is 0. The van der Waals surface area contributed by atoms with Gasteiger partial charge < -0.3 is 0 Å². The topological polar surface area (TPSA) is 76.3 Å². The van der Waals surface area contributed by atoms with Crippen molar-refractivity contribution in [2.75, 3.05) is 13.1 Å². The third-order valence-electron chi connectivity index (χ3n) is 4.44. The first-order valence-corrected chi connectivity index (χ1v) is 9.84. The van der Waals surface area contributed by atoms with E-state index >= 15 is 0 Å². The molecular formula is C24H18F2N6. The molecule has 32 heavy (non-hydrogen) atoms. The van der Waals surface area contributed by atoms with Crippen molar-refractivity contribution in [3.8, 4) is 22.8 Å². The molecule has 0 saturated carbocycles. The first kappa shape index (κ1) is 21.0. The Kier molecular flexibility index (Phi) is 6.72. The van der Waals surface area contributed by atoms with Gasteiger partial charge >= 0.3 is 0 Å². The summed E-state index contributed by atoms with van der Waals surface area (Å²) in [6.45, 7) is 0.834. The van der Waals surface area contributed by atoms with Crippen LogP contribution in [0.15, 0.2) is 83.3 Å². The number of aliphatic imine (C=N–C) groups is 2. The van der Waals surface area contributed by atoms with E-state index in [2.05, 4.69) is 29.9 Å². The standard InChI is InChI=1S/C24H18F2N6/c25-21-13-17(3-5-19(21)23-29-7-1-8-30-23)15-27-11-12-28-16-18-4-6-20(22(26)14-18)24-31-9-2-10-32-24/h1-10,13-16H,11-12H2. The molecule has 0 aliphatic rings. The van der Waals surface area contributed by atoms with Crippen LogP contribution in [-0.2, 0) is 0 Å². The van der Waals surface area contributed by atoms with Crippen molar-refractivity contribution >= 4 is 12.4 Å². The Morgan fingerprint density at radius 1 is 0.625 bits per heavy atom. The smallest absolute Gasteiger partial charge is 0.162 e. The van der Waals surface area contributed by atoms with Crippen LogP contribution in [0.3, 0.4) is 0 Å². The Bertz CT molecular complexity index is 1150. The van der Waals surface area contributed by atoms with E-state index in [0.29, 0.717) is 47.0 Å². The molecule has 0 saturated heterocycles. The summed E-state index contributed by atoms with van der Waals surface area (Å²) in [5.74, 6) is -0.152. The molecule has 0 bridgehead atoms. The van der Waals surface area contributed by atoms with Crippen LogP contribution in [0.4, 0.5) is 8.78 Å². The minimum Gasteiger partial charge on any atom is -0.291 e. The van der Waals surface area contributed by atoms with E-state index in [0.717, 1.165) is 0 Å². The third-order valence-corrected chi connectivity index (χ3v) is 4.44. The number of benzene rings is 2. The lowest BCUT2D eigenvalue weighted by molar-refractivity contribution is 0.629. The molecule has 4 rings (SSSR count). The number of nitrogens with zero attached hydrogens (tertiary/aromatic N) is 6. The van der Waals surface area contributed by atoms with Gasteiger partial charge in [0.2, 0.25) is 0 Å². The predicted octanol–water partition coefficient (Wildman–Crippen LogP) is 4.42. The highest BCUT2D eigenvalue weighted by molar-refractivity contribution is 5.81. The van der Waals surface area contributed by atoms with Gasteiger partial charge in [0.05, 0.1) is 24.2 Å². The van der Waals surface area contributed by atoms with Gasteiger partial charge in [-0.25, -0.2) is 28.7 Å². The van der Waals surface area contributed by atoms with E-state index in [9.17, 15) is 8.78 Å². The lowest BCUT2D eigenvalue weighted by Gasteiger charge is -2.02. The molecule has 0 aliphatic heterocycles. The number of hydrogen-bond acceptors (Lipinski definition) is 6. The lowest BCUT2D eigenvalue weighted by Crippen LogP contribution is -1.95. The highest BCUT2D eigenvalue weighted by Gasteiger charge is 2.08. The van der Waals surface area contributed by atoms with E-state index < -0.39 is 11.6 Å². The zero-order valence-corrected chi connectivity index (χ0v) is 16.9. The molecule has 0 radical (unpaired) electrons. The fourth-order valence-electron chi connectivity index (χ4n) is 2.92. The molecule has 0 atom stereocenters. The summed E-state index contributed by atoms with van der Waals surface area (Å²) in [7, 11) is 0. The Labute approximate surface area is 183 Å². The molecule has 0 amide bonds. The molecule has 0 N–H and O–H groups in total. The zero-order valence-electron chi connectivity index (χ0n) is 16.9. The van der Waals surface area contributed by atoms with Gasteiger partial charge in [0, 0.05) is 37.2 Å². The van der Waals surface area contributed by atoms with Gasteiger partial charge in [-0.3, -0.25) is 9.98 Å². The van der Waals surface area contributed by atoms with Crippen LogP contribution in [0.25, 0.3) is 22.8 Å². The molecular weight excluding hydrogens is 410 g/mol. The van der Waals surface area contributed by atoms with Crippen LogP contribution < -0.4 is 0 Å². The highest BCUT2D eigenvalue weighted by atomic mass is 19.1. The second-order valence-electron chi connectivity index (χ2n) is 6.69. The molecule has 0 fully saturated rings. The molecule has 158 valence electrons. The van der Waals surface area contributed by atoms with Crippen molar-refractivity contribution in [1.29, 1.82) is 0 Å². The average molecular weight is 428 g/mol. The molecule has 4 aromatic rings. The van der Waals surface area contributed by atoms with E-state index in [1.54, 1.807) is 73.6 Å². The zero-order chi connectivity index (χ0) is 22.2. The fourth-order valence-corrected chi connectivity index (χ4v) is 2.92. The molecule has 6 nitrogen and oxygen atoms in total. The second kappa shape index (κ2) is 10.2. The van der Waals surface area contributed by atoms with Crippen LogP contribution >= 0.6 is 0 Å². The number of halogens is 2. The van der Waals surface area contributed by atoms with Gasteiger partial charge in [0.25, 0.3) is 0 Å². The van der Waals surface area contributed by atoms with E-state index in [4.69, 9.17) is 0 Å². The molecule has 2 heterocycles. The van der Waals surface area contributed by atoms with Gasteiger partial charge in [0.15, 0.2) is 11.6 Å². The highest BCUT2D eigenvalue weighted by Crippen LogP contribution is 2.20. The Hall–Kier alpha value is -4.20. The Balaban J connectivity index is 1.31. The molecule has 2 aromatic heterocycles. The predicted molar refractivity (Wildman–Crippen MR) is 120 cm³/mol. The monoisotopic (exact) mass is 428 g/mol. The minimum atomic E-state index is -0.412. The molecule has 0 aliphatic carbocycles. The van der Waals surface area contributed by atoms with Crippen LogP contribution in [0.1, 0.15) is 11.1 Å². The summed E-state index contributed by atoms with van der Waals surface area (Å²) in [6, 6.07) is 12.9. The number of rotatable bonds is 7. The molecule has 0 unspecified atom stereocenters. The molecule has 0 spiro atoms. The van der Waals surface area contributed by atoms with Crippen molar-refractivity contribution in [1.82, 2.24) is 19.9 Å². The van der Waals surface area contributed by atoms with Crippen LogP contribution in [0, 0.1) is 11.6 Å². The van der Waals surface area contributed by atoms with Crippen LogP contribution in [0.2, 0.25) is 0 Å². The SMILES string of the molecule is Fc1cc(C=NCCN=Cc2ccc(-c3ncccn3)c(F)c2)ccc1-c1ncccn1. The maximum atomic E-state index is 14.3. The van der Waals surface area contributed by atoms with Crippen LogP contribution in [-0.4, -0.2) is 45.5 Å². The lowest BCUT2D eigenvalue weighted by atomic mass is 10.1. The van der Waals surface area contributed by atoms with Crippen molar-refractivity contribution in [2.45, 2.75) is 0 Å². The Morgan fingerprint density at radius 3 is 1.41 bits per heavy atom. The maximum Gasteiger partial charge on any atom is 0.162 e. The van der Waals surface area contributed by atoms with Gasteiger partial charge in [-0.2, -0.15) is 0 Å². The summed E-state index contributed by atoms with van der Waals surface area (Å²) < 4.78 is 28.6.